The van der Waals surface area contributed by atoms with Crippen LogP contribution in [0.25, 0.3) is 0 Å². The van der Waals surface area contributed by atoms with Gasteiger partial charge in [0.15, 0.2) is 17.3 Å². The van der Waals surface area contributed by atoms with Crippen LogP contribution in [0.1, 0.15) is 66.4 Å². The van der Waals surface area contributed by atoms with Gasteiger partial charge in [0.1, 0.15) is 0 Å². The fourth-order valence-corrected chi connectivity index (χ4v) is 3.68. The molecule has 162 valence electrons. The van der Waals surface area contributed by atoms with E-state index >= 15 is 0 Å². The van der Waals surface area contributed by atoms with Gasteiger partial charge in [0.05, 0.1) is 32.7 Å². The molecule has 1 atom stereocenters. The number of hydrogen-bond acceptors (Lipinski definition) is 5. The summed E-state index contributed by atoms with van der Waals surface area (Å²) in [6.07, 6.45) is 4.70. The van der Waals surface area contributed by atoms with Gasteiger partial charge in [0, 0.05) is 11.1 Å². The number of carbonyl (C=O) groups is 2. The summed E-state index contributed by atoms with van der Waals surface area (Å²) < 4.78 is 16.6. The lowest BCUT2D eigenvalue weighted by atomic mass is 9.95. The molecule has 0 spiro atoms. The van der Waals surface area contributed by atoms with Crippen molar-refractivity contribution in [1.82, 2.24) is 0 Å². The van der Waals surface area contributed by atoms with Gasteiger partial charge in [-0.3, -0.25) is 9.59 Å². The van der Waals surface area contributed by atoms with Gasteiger partial charge in [-0.15, -0.1) is 0 Å². The third-order valence-corrected chi connectivity index (χ3v) is 5.44. The minimum Gasteiger partial charge on any atom is -0.493 e. The molecule has 0 unspecified atom stereocenters. The first-order chi connectivity index (χ1) is 15.0. The van der Waals surface area contributed by atoms with Crippen LogP contribution in [0.4, 0.5) is 0 Å². The second kappa shape index (κ2) is 10.7. The largest absolute Gasteiger partial charge is 0.493 e. The van der Waals surface area contributed by atoms with Crippen molar-refractivity contribution in [1.29, 1.82) is 0 Å². The Labute approximate surface area is 183 Å². The van der Waals surface area contributed by atoms with Crippen LogP contribution in [-0.4, -0.2) is 32.1 Å². The Morgan fingerprint density at radius 2 is 1.84 bits per heavy atom. The average molecular weight is 421 g/mol. The van der Waals surface area contributed by atoms with Crippen LogP contribution < -0.4 is 9.47 Å². The molecule has 0 saturated heterocycles. The molecule has 31 heavy (non-hydrogen) atoms. The van der Waals surface area contributed by atoms with Crippen molar-refractivity contribution in [3.63, 3.8) is 0 Å². The molecular weight excluding hydrogens is 392 g/mol. The van der Waals surface area contributed by atoms with Gasteiger partial charge < -0.3 is 14.2 Å². The van der Waals surface area contributed by atoms with Gasteiger partial charge >= 0.3 is 5.97 Å². The Balaban J connectivity index is 1.92. The number of ketones is 1. The van der Waals surface area contributed by atoms with E-state index in [0.717, 1.165) is 24.0 Å². The molecule has 0 N–H and O–H groups in total. The quantitative estimate of drug-likeness (QED) is 0.362. The molecule has 5 heteroatoms. The maximum Gasteiger partial charge on any atom is 0.307 e. The number of rotatable bonds is 7. The highest BCUT2D eigenvalue weighted by atomic mass is 16.5. The van der Waals surface area contributed by atoms with Crippen LogP contribution in [0.3, 0.4) is 0 Å². The highest BCUT2D eigenvalue weighted by Gasteiger charge is 2.21. The lowest BCUT2D eigenvalue weighted by Crippen LogP contribution is -2.12. The van der Waals surface area contributed by atoms with Gasteiger partial charge in [0.25, 0.3) is 0 Å². The number of carbonyl (C=O) groups excluding carboxylic acids is 2. The monoisotopic (exact) mass is 420 g/mol. The molecule has 1 aliphatic carbocycles. The van der Waals surface area contributed by atoms with E-state index in [9.17, 15) is 9.59 Å². The molecule has 0 radical (unpaired) electrons. The zero-order valence-electron chi connectivity index (χ0n) is 18.3. The Kier molecular flexibility index (Phi) is 7.72. The Hall–Kier alpha value is -3.26. The van der Waals surface area contributed by atoms with Crippen molar-refractivity contribution >= 4 is 11.8 Å². The van der Waals surface area contributed by atoms with Crippen molar-refractivity contribution in [2.75, 3.05) is 14.2 Å². The molecule has 1 saturated carbocycles. The third-order valence-electron chi connectivity index (χ3n) is 5.44. The van der Waals surface area contributed by atoms with Crippen LogP contribution in [0.2, 0.25) is 0 Å². The molecule has 1 aliphatic rings. The summed E-state index contributed by atoms with van der Waals surface area (Å²) in [5.41, 5.74) is 2.18. The van der Waals surface area contributed by atoms with Gasteiger partial charge in [-0.05, 0) is 62.4 Å². The Morgan fingerprint density at radius 1 is 1.06 bits per heavy atom. The summed E-state index contributed by atoms with van der Waals surface area (Å²) in [7, 11) is 2.98. The summed E-state index contributed by atoms with van der Waals surface area (Å²) >= 11 is 0. The zero-order valence-corrected chi connectivity index (χ0v) is 18.3. The summed E-state index contributed by atoms with van der Waals surface area (Å²) in [6.45, 7) is 1.52. The number of ether oxygens (including phenoxy) is 3. The Morgan fingerprint density at radius 3 is 2.52 bits per heavy atom. The normalized spacial score (nSPS) is 14.3. The number of methoxy groups -OCH3 is 2. The first-order valence-corrected chi connectivity index (χ1v) is 10.5. The lowest BCUT2D eigenvalue weighted by Gasteiger charge is -2.18. The molecule has 2 aromatic rings. The van der Waals surface area contributed by atoms with E-state index in [4.69, 9.17) is 14.2 Å². The van der Waals surface area contributed by atoms with E-state index in [1.165, 1.54) is 26.9 Å². The highest BCUT2D eigenvalue weighted by molar-refractivity contribution is 5.94. The predicted octanol–water partition coefficient (Wildman–Crippen LogP) is 4.92. The van der Waals surface area contributed by atoms with Crippen LogP contribution in [0.5, 0.6) is 11.5 Å². The van der Waals surface area contributed by atoms with Crippen LogP contribution in [0, 0.1) is 11.8 Å². The molecule has 0 heterocycles. The second-order valence-corrected chi connectivity index (χ2v) is 7.67. The fourth-order valence-electron chi connectivity index (χ4n) is 3.68. The minimum absolute atomic E-state index is 0.0152. The van der Waals surface area contributed by atoms with E-state index in [1.54, 1.807) is 25.3 Å². The number of benzene rings is 2. The average Bonchev–Trinajstić information content (AvgIpc) is 3.29. The fraction of sp³-hybridized carbons (Fsp3) is 0.385. The topological polar surface area (TPSA) is 61.8 Å². The van der Waals surface area contributed by atoms with E-state index in [0.29, 0.717) is 17.1 Å². The molecule has 1 fully saturated rings. The van der Waals surface area contributed by atoms with Gasteiger partial charge in [-0.1, -0.05) is 30.0 Å². The SMILES string of the molecule is COC(=O)C[C@H](C#Cc1cccc(C(C)=O)c1)c1ccc(OC)c(OC2CCCC2)c1. The lowest BCUT2D eigenvalue weighted by molar-refractivity contribution is -0.140. The summed E-state index contributed by atoms with van der Waals surface area (Å²) in [4.78, 5) is 23.7. The van der Waals surface area contributed by atoms with Gasteiger partial charge in [0.2, 0.25) is 0 Å². The van der Waals surface area contributed by atoms with Gasteiger partial charge in [-0.2, -0.15) is 0 Å². The predicted molar refractivity (Wildman–Crippen MR) is 119 cm³/mol. The molecule has 2 aromatic carbocycles. The number of Topliss-reactive ketones (excluding diaryl/α,β-unsaturated/α-hetero) is 1. The number of esters is 1. The van der Waals surface area contributed by atoms with Crippen LogP contribution >= 0.6 is 0 Å². The van der Waals surface area contributed by atoms with Crippen molar-refractivity contribution in [2.45, 2.75) is 51.0 Å². The highest BCUT2D eigenvalue weighted by Crippen LogP contribution is 2.35. The minimum atomic E-state index is -0.384. The zero-order chi connectivity index (χ0) is 22.2. The van der Waals surface area contributed by atoms with E-state index in [1.807, 2.05) is 24.3 Å². The van der Waals surface area contributed by atoms with Crippen molar-refractivity contribution in [3.8, 4) is 23.3 Å². The molecule has 3 rings (SSSR count). The second-order valence-electron chi connectivity index (χ2n) is 7.67. The summed E-state index contributed by atoms with van der Waals surface area (Å²) in [6, 6.07) is 12.8. The molecule has 5 nitrogen and oxygen atoms in total. The maximum absolute atomic E-state index is 12.0. The summed E-state index contributed by atoms with van der Waals surface area (Å²) in [5.74, 6) is 6.88. The maximum atomic E-state index is 12.0. The molecule has 0 amide bonds. The molecule has 0 bridgehead atoms. The summed E-state index contributed by atoms with van der Waals surface area (Å²) in [5, 5.41) is 0. The molecule has 0 aromatic heterocycles. The van der Waals surface area contributed by atoms with E-state index in [-0.39, 0.29) is 30.2 Å². The van der Waals surface area contributed by atoms with Crippen molar-refractivity contribution in [2.24, 2.45) is 0 Å². The van der Waals surface area contributed by atoms with Crippen molar-refractivity contribution in [3.05, 3.63) is 59.2 Å². The molecule has 0 aliphatic heterocycles. The smallest absolute Gasteiger partial charge is 0.307 e. The Bertz CT molecular complexity index is 992. The first-order valence-electron chi connectivity index (χ1n) is 10.5. The number of hydrogen-bond donors (Lipinski definition) is 0. The van der Waals surface area contributed by atoms with E-state index in [2.05, 4.69) is 11.8 Å². The first kappa shape index (κ1) is 22.4. The van der Waals surface area contributed by atoms with E-state index < -0.39 is 0 Å². The van der Waals surface area contributed by atoms with Crippen molar-refractivity contribution < 1.29 is 23.8 Å². The van der Waals surface area contributed by atoms with Crippen LogP contribution in [-0.2, 0) is 9.53 Å². The van der Waals surface area contributed by atoms with Crippen LogP contribution in [0.15, 0.2) is 42.5 Å². The molecular formula is C26H28O5. The van der Waals surface area contributed by atoms with Gasteiger partial charge in [-0.25, -0.2) is 0 Å². The standard InChI is InChI=1S/C26H28O5/c1-18(27)20-8-6-7-19(15-20)11-12-22(17-26(28)30-3)21-13-14-24(29-2)25(16-21)31-23-9-4-5-10-23/h6-8,13-16,22-23H,4-5,9-10,17H2,1-3H3/t22-/m0/s1. The third kappa shape index (κ3) is 6.11.